The third-order valence-corrected chi connectivity index (χ3v) is 1.43. The Hall–Kier alpha value is -0.860. The van der Waals surface area contributed by atoms with Crippen molar-refractivity contribution < 1.29 is 9.59 Å². The van der Waals surface area contributed by atoms with Crippen LogP contribution in [0.5, 0.6) is 0 Å². The Kier molecular flexibility index (Phi) is 20.5. The lowest BCUT2D eigenvalue weighted by Gasteiger charge is -2.16. The number of nitrogens with zero attached hydrogens (tertiary/aromatic N) is 1. The molecule has 0 N–H and O–H groups in total. The summed E-state index contributed by atoms with van der Waals surface area (Å²) in [7, 11) is 0. The minimum atomic E-state index is -0.154. The van der Waals surface area contributed by atoms with Crippen LogP contribution in [-0.2, 0) is 9.59 Å². The van der Waals surface area contributed by atoms with Gasteiger partial charge in [0.05, 0.1) is 0 Å². The van der Waals surface area contributed by atoms with E-state index >= 15 is 0 Å². The summed E-state index contributed by atoms with van der Waals surface area (Å²) in [5.74, 6) is -0.238. The molecule has 0 unspecified atom stereocenters. The Morgan fingerprint density at radius 2 is 1.40 bits per heavy atom. The van der Waals surface area contributed by atoms with Crippen molar-refractivity contribution in [2.75, 3.05) is 6.54 Å². The summed E-state index contributed by atoms with van der Waals surface area (Å²) >= 11 is 0. The maximum atomic E-state index is 11.0. The summed E-state index contributed by atoms with van der Waals surface area (Å²) < 4.78 is 0. The molecular weight excluding hydrogens is 190 g/mol. The Labute approximate surface area is 94.8 Å². The number of carbonyl (C=O) groups is 2. The molecule has 0 heterocycles. The smallest absolute Gasteiger partial charge is 0.228 e. The molecule has 0 aromatic heterocycles. The van der Waals surface area contributed by atoms with Crippen LogP contribution in [0.25, 0.3) is 0 Å². The minimum absolute atomic E-state index is 0.0839. The van der Waals surface area contributed by atoms with Gasteiger partial charge in [-0.2, -0.15) is 0 Å². The van der Waals surface area contributed by atoms with Crippen LogP contribution in [0.1, 0.15) is 61.3 Å². The van der Waals surface area contributed by atoms with E-state index in [0.717, 1.165) is 6.42 Å². The van der Waals surface area contributed by atoms with E-state index in [9.17, 15) is 9.59 Å². The van der Waals surface area contributed by atoms with E-state index in [1.807, 2.05) is 34.6 Å². The molecule has 0 bridgehead atoms. The van der Waals surface area contributed by atoms with Crippen LogP contribution < -0.4 is 0 Å². The zero-order chi connectivity index (χ0) is 12.9. The minimum Gasteiger partial charge on any atom is -0.283 e. The molecule has 3 nitrogen and oxygen atoms in total. The first-order chi connectivity index (χ1) is 7.13. The van der Waals surface area contributed by atoms with E-state index in [4.69, 9.17) is 0 Å². The molecular formula is C12H27NO2. The van der Waals surface area contributed by atoms with Crippen molar-refractivity contribution >= 4 is 11.8 Å². The zero-order valence-corrected chi connectivity index (χ0v) is 11.4. The number of imide groups is 1. The average Bonchev–Trinajstić information content (AvgIpc) is 2.30. The highest BCUT2D eigenvalue weighted by atomic mass is 16.2. The second-order valence-corrected chi connectivity index (χ2v) is 2.42. The molecule has 2 amide bonds. The number of hydrogen-bond acceptors (Lipinski definition) is 2. The highest BCUT2D eigenvalue weighted by Gasteiger charge is 2.13. The molecule has 0 aliphatic rings. The first kappa shape index (κ1) is 19.7. The lowest BCUT2D eigenvalue weighted by molar-refractivity contribution is -0.143. The number of rotatable bonds is 3. The molecule has 0 radical (unpaired) electrons. The van der Waals surface area contributed by atoms with E-state index in [1.54, 1.807) is 6.92 Å². The second-order valence-electron chi connectivity index (χ2n) is 2.42. The predicted octanol–water partition coefficient (Wildman–Crippen LogP) is 3.23. The van der Waals surface area contributed by atoms with Crippen LogP contribution in [0.4, 0.5) is 0 Å². The van der Waals surface area contributed by atoms with Gasteiger partial charge in [0.25, 0.3) is 0 Å². The molecule has 0 rings (SSSR count). The van der Waals surface area contributed by atoms with Gasteiger partial charge in [-0.15, -0.1) is 0 Å². The van der Waals surface area contributed by atoms with Crippen LogP contribution in [0.3, 0.4) is 0 Å². The molecule has 15 heavy (non-hydrogen) atoms. The summed E-state index contributed by atoms with van der Waals surface area (Å²) in [5.41, 5.74) is 0. The third kappa shape index (κ3) is 11.1. The fraction of sp³-hybridized carbons (Fsp3) is 0.833. The molecule has 0 aliphatic carbocycles. The van der Waals surface area contributed by atoms with Gasteiger partial charge in [0, 0.05) is 19.9 Å². The summed E-state index contributed by atoms with van der Waals surface area (Å²) in [6.07, 6.45) is 1.23. The van der Waals surface area contributed by atoms with E-state index in [0.29, 0.717) is 13.0 Å². The summed E-state index contributed by atoms with van der Waals surface area (Å²) in [6.45, 7) is 13.7. The van der Waals surface area contributed by atoms with Crippen molar-refractivity contribution in [3.8, 4) is 0 Å². The van der Waals surface area contributed by atoms with Gasteiger partial charge in [0.1, 0.15) is 0 Å². The molecule has 0 aliphatic heterocycles. The maximum Gasteiger partial charge on any atom is 0.228 e. The molecule has 92 valence electrons. The van der Waals surface area contributed by atoms with Gasteiger partial charge in [0.15, 0.2) is 0 Å². The maximum absolute atomic E-state index is 11.0. The van der Waals surface area contributed by atoms with Gasteiger partial charge in [-0.05, 0) is 6.42 Å². The highest BCUT2D eigenvalue weighted by molar-refractivity contribution is 5.93. The van der Waals surface area contributed by atoms with Crippen LogP contribution in [0.2, 0.25) is 0 Å². The molecule has 0 saturated heterocycles. The number of carbonyl (C=O) groups excluding carboxylic acids is 2. The number of hydrogen-bond donors (Lipinski definition) is 0. The van der Waals surface area contributed by atoms with E-state index < -0.39 is 0 Å². The highest BCUT2D eigenvalue weighted by Crippen LogP contribution is 1.96. The fourth-order valence-electron chi connectivity index (χ4n) is 0.872. The van der Waals surface area contributed by atoms with Gasteiger partial charge in [0.2, 0.25) is 11.8 Å². The van der Waals surface area contributed by atoms with Crippen LogP contribution in [0, 0.1) is 0 Å². The molecule has 0 saturated carbocycles. The van der Waals surface area contributed by atoms with Gasteiger partial charge < -0.3 is 0 Å². The van der Waals surface area contributed by atoms with E-state index in [1.165, 1.54) is 11.8 Å². The first-order valence-corrected chi connectivity index (χ1v) is 5.94. The topological polar surface area (TPSA) is 37.4 Å². The van der Waals surface area contributed by atoms with E-state index in [2.05, 4.69) is 0 Å². The Balaban J connectivity index is -0.000000318. The van der Waals surface area contributed by atoms with Gasteiger partial charge >= 0.3 is 0 Å². The Morgan fingerprint density at radius 1 is 1.00 bits per heavy atom. The molecule has 0 fully saturated rings. The quantitative estimate of drug-likeness (QED) is 0.727. The second kappa shape index (κ2) is 15.6. The SMILES string of the molecule is CC.CC.CCCN(C(C)=O)C(=O)CC. The zero-order valence-electron chi connectivity index (χ0n) is 11.4. The van der Waals surface area contributed by atoms with Crippen molar-refractivity contribution in [2.24, 2.45) is 0 Å². The van der Waals surface area contributed by atoms with Crippen molar-refractivity contribution in [3.05, 3.63) is 0 Å². The largest absolute Gasteiger partial charge is 0.283 e. The Morgan fingerprint density at radius 3 is 1.60 bits per heavy atom. The Bertz CT molecular complexity index is 156. The van der Waals surface area contributed by atoms with Gasteiger partial charge in [-0.25, -0.2) is 0 Å². The van der Waals surface area contributed by atoms with Crippen LogP contribution >= 0.6 is 0 Å². The van der Waals surface area contributed by atoms with Gasteiger partial charge in [-0.1, -0.05) is 41.5 Å². The lowest BCUT2D eigenvalue weighted by Crippen LogP contribution is -2.35. The van der Waals surface area contributed by atoms with Crippen LogP contribution in [0.15, 0.2) is 0 Å². The summed E-state index contributed by atoms with van der Waals surface area (Å²) in [5, 5.41) is 0. The van der Waals surface area contributed by atoms with Crippen LogP contribution in [-0.4, -0.2) is 23.3 Å². The summed E-state index contributed by atoms with van der Waals surface area (Å²) in [4.78, 5) is 23.2. The molecule has 0 aromatic rings. The normalized spacial score (nSPS) is 7.67. The third-order valence-electron chi connectivity index (χ3n) is 1.43. The lowest BCUT2D eigenvalue weighted by atomic mass is 10.3. The molecule has 0 aromatic carbocycles. The molecule has 0 spiro atoms. The molecule has 0 atom stereocenters. The molecule has 3 heteroatoms. The monoisotopic (exact) mass is 217 g/mol. The van der Waals surface area contributed by atoms with Gasteiger partial charge in [-0.3, -0.25) is 14.5 Å². The van der Waals surface area contributed by atoms with E-state index in [-0.39, 0.29) is 11.8 Å². The number of amides is 2. The standard InChI is InChI=1S/C8H15NO2.2C2H6/c1-4-6-9(7(3)10)8(11)5-2;2*1-2/h4-6H2,1-3H3;2*1-2H3. The summed E-state index contributed by atoms with van der Waals surface area (Å²) in [6, 6.07) is 0. The van der Waals surface area contributed by atoms with Crippen molar-refractivity contribution in [2.45, 2.75) is 61.3 Å². The average molecular weight is 217 g/mol. The first-order valence-electron chi connectivity index (χ1n) is 5.94. The van der Waals surface area contributed by atoms with Crippen molar-refractivity contribution in [1.29, 1.82) is 0 Å². The predicted molar refractivity (Wildman–Crippen MR) is 65.7 cm³/mol. The fourth-order valence-corrected chi connectivity index (χ4v) is 0.872. The van der Waals surface area contributed by atoms with Crippen molar-refractivity contribution in [1.82, 2.24) is 4.90 Å². The van der Waals surface area contributed by atoms with Crippen molar-refractivity contribution in [3.63, 3.8) is 0 Å².